The van der Waals surface area contributed by atoms with E-state index in [1.165, 1.54) is 11.8 Å². The van der Waals surface area contributed by atoms with E-state index in [1.807, 2.05) is 0 Å². The molecule has 0 saturated carbocycles. The van der Waals surface area contributed by atoms with Crippen LogP contribution in [0.1, 0.15) is 18.7 Å². The Morgan fingerprint density at radius 3 is 2.89 bits per heavy atom. The first-order chi connectivity index (χ1) is 8.49. The number of carbonyl (C=O) groups excluding carboxylic acids is 1. The van der Waals surface area contributed by atoms with Gasteiger partial charge in [-0.25, -0.2) is 0 Å². The third-order valence-corrected chi connectivity index (χ3v) is 2.57. The van der Waals surface area contributed by atoms with Crippen molar-refractivity contribution in [1.82, 2.24) is 15.1 Å². The van der Waals surface area contributed by atoms with Gasteiger partial charge >= 0.3 is 5.69 Å². The van der Waals surface area contributed by atoms with Crippen LogP contribution in [0.15, 0.2) is 6.20 Å². The van der Waals surface area contributed by atoms with Crippen molar-refractivity contribution in [2.24, 2.45) is 0 Å². The van der Waals surface area contributed by atoms with Crippen molar-refractivity contribution in [1.29, 1.82) is 0 Å². The van der Waals surface area contributed by atoms with Crippen LogP contribution in [0.4, 0.5) is 5.69 Å². The summed E-state index contributed by atoms with van der Waals surface area (Å²) < 4.78 is 6.14. The minimum absolute atomic E-state index is 0.0912. The normalized spacial score (nSPS) is 12.2. The first-order valence-corrected chi connectivity index (χ1v) is 5.44. The molecule has 1 N–H and O–H groups in total. The van der Waals surface area contributed by atoms with Crippen molar-refractivity contribution >= 4 is 11.6 Å². The van der Waals surface area contributed by atoms with E-state index in [2.05, 4.69) is 10.4 Å². The molecule has 0 spiro atoms. The number of carbonyl (C=O) groups is 1. The van der Waals surface area contributed by atoms with Crippen molar-refractivity contribution in [3.8, 4) is 0 Å². The molecule has 1 atom stereocenters. The number of nitrogens with zero attached hydrogens (tertiary/aromatic N) is 3. The molecule has 1 heterocycles. The van der Waals surface area contributed by atoms with Gasteiger partial charge in [0.05, 0.1) is 11.5 Å². The molecule has 1 aromatic heterocycles. The Bertz CT molecular complexity index is 443. The molecule has 8 nitrogen and oxygen atoms in total. The molecule has 1 rings (SSSR count). The van der Waals surface area contributed by atoms with Crippen molar-refractivity contribution < 1.29 is 14.5 Å². The Morgan fingerprint density at radius 1 is 1.72 bits per heavy atom. The lowest BCUT2D eigenvalue weighted by molar-refractivity contribution is -0.385. The summed E-state index contributed by atoms with van der Waals surface area (Å²) in [6.45, 7) is 3.99. The third-order valence-electron chi connectivity index (χ3n) is 2.57. The summed E-state index contributed by atoms with van der Waals surface area (Å²) in [6, 6.07) is -0.601. The summed E-state index contributed by atoms with van der Waals surface area (Å²) in [5.74, 6) is -0.256. The van der Waals surface area contributed by atoms with Gasteiger partial charge in [0.2, 0.25) is 5.91 Å². The Kier molecular flexibility index (Phi) is 4.78. The number of ether oxygens (including phenoxy) is 1. The molecule has 1 amide bonds. The lowest BCUT2D eigenvalue weighted by Crippen LogP contribution is -2.34. The number of amides is 1. The Labute approximate surface area is 104 Å². The van der Waals surface area contributed by atoms with E-state index in [0.717, 1.165) is 6.20 Å². The van der Waals surface area contributed by atoms with Crippen LogP contribution < -0.4 is 5.32 Å². The number of hydrogen-bond donors (Lipinski definition) is 1. The monoisotopic (exact) mass is 256 g/mol. The van der Waals surface area contributed by atoms with Crippen molar-refractivity contribution in [2.45, 2.75) is 19.9 Å². The largest absolute Gasteiger partial charge is 0.383 e. The number of nitro groups is 1. The molecule has 0 aliphatic heterocycles. The standard InChI is InChI=1S/C10H16N4O4/c1-7-9(14(16)17)6-12-13(7)8(2)10(15)11-4-5-18-3/h6,8H,4-5H2,1-3H3,(H,11,15). The quantitative estimate of drug-likeness (QED) is 0.452. The van der Waals surface area contributed by atoms with Gasteiger partial charge in [-0.1, -0.05) is 0 Å². The predicted octanol–water partition coefficient (Wildman–Crippen LogP) is 0.423. The van der Waals surface area contributed by atoms with E-state index in [1.54, 1.807) is 13.8 Å². The maximum Gasteiger partial charge on any atom is 0.309 e. The molecule has 0 radical (unpaired) electrons. The second kappa shape index (κ2) is 6.10. The summed E-state index contributed by atoms with van der Waals surface area (Å²) in [7, 11) is 1.54. The molecule has 0 saturated heterocycles. The number of methoxy groups -OCH3 is 1. The topological polar surface area (TPSA) is 99.3 Å². The molecule has 18 heavy (non-hydrogen) atoms. The van der Waals surface area contributed by atoms with E-state index in [-0.39, 0.29) is 11.6 Å². The van der Waals surface area contributed by atoms with Crippen LogP contribution in [0.25, 0.3) is 0 Å². The van der Waals surface area contributed by atoms with Crippen LogP contribution in [0.2, 0.25) is 0 Å². The van der Waals surface area contributed by atoms with E-state index in [0.29, 0.717) is 18.8 Å². The van der Waals surface area contributed by atoms with Crippen LogP contribution in [-0.2, 0) is 9.53 Å². The van der Waals surface area contributed by atoms with Gasteiger partial charge in [0, 0.05) is 13.7 Å². The fourth-order valence-electron chi connectivity index (χ4n) is 1.52. The van der Waals surface area contributed by atoms with E-state index in [9.17, 15) is 14.9 Å². The summed E-state index contributed by atoms with van der Waals surface area (Å²) in [4.78, 5) is 21.9. The highest BCUT2D eigenvalue weighted by Crippen LogP contribution is 2.19. The second-order valence-corrected chi connectivity index (χ2v) is 3.78. The average molecular weight is 256 g/mol. The Morgan fingerprint density at radius 2 is 2.39 bits per heavy atom. The molecule has 0 aromatic carbocycles. The fourth-order valence-corrected chi connectivity index (χ4v) is 1.52. The van der Waals surface area contributed by atoms with Crippen LogP contribution in [-0.4, -0.2) is 40.9 Å². The predicted molar refractivity (Wildman–Crippen MR) is 63.2 cm³/mol. The van der Waals surface area contributed by atoms with Gasteiger partial charge in [-0.15, -0.1) is 0 Å². The fraction of sp³-hybridized carbons (Fsp3) is 0.600. The van der Waals surface area contributed by atoms with E-state index < -0.39 is 11.0 Å². The molecular weight excluding hydrogens is 240 g/mol. The molecule has 1 aromatic rings. The van der Waals surface area contributed by atoms with Gasteiger partial charge in [0.15, 0.2) is 0 Å². The maximum absolute atomic E-state index is 11.8. The highest BCUT2D eigenvalue weighted by atomic mass is 16.6. The first-order valence-electron chi connectivity index (χ1n) is 5.44. The molecule has 0 aliphatic carbocycles. The van der Waals surface area contributed by atoms with Gasteiger partial charge in [-0.05, 0) is 13.8 Å². The summed E-state index contributed by atoms with van der Waals surface area (Å²) in [6.07, 6.45) is 1.15. The zero-order chi connectivity index (χ0) is 13.7. The lowest BCUT2D eigenvalue weighted by Gasteiger charge is -2.13. The number of aromatic nitrogens is 2. The highest BCUT2D eigenvalue weighted by molar-refractivity contribution is 5.79. The molecule has 8 heteroatoms. The smallest absolute Gasteiger partial charge is 0.309 e. The van der Waals surface area contributed by atoms with Crippen LogP contribution in [0, 0.1) is 17.0 Å². The molecule has 1 unspecified atom stereocenters. The Hall–Kier alpha value is -1.96. The molecule has 0 aliphatic rings. The molecule has 0 bridgehead atoms. The number of hydrogen-bond acceptors (Lipinski definition) is 5. The third kappa shape index (κ3) is 3.04. The van der Waals surface area contributed by atoms with Gasteiger partial charge < -0.3 is 10.1 Å². The van der Waals surface area contributed by atoms with Gasteiger partial charge in [-0.3, -0.25) is 19.6 Å². The van der Waals surface area contributed by atoms with Gasteiger partial charge in [-0.2, -0.15) is 5.10 Å². The minimum Gasteiger partial charge on any atom is -0.383 e. The minimum atomic E-state index is -0.601. The summed E-state index contributed by atoms with van der Waals surface area (Å²) in [5.41, 5.74) is 0.265. The first kappa shape index (κ1) is 14.1. The van der Waals surface area contributed by atoms with E-state index >= 15 is 0 Å². The number of rotatable bonds is 6. The lowest BCUT2D eigenvalue weighted by atomic mass is 10.3. The van der Waals surface area contributed by atoms with E-state index in [4.69, 9.17) is 4.74 Å². The van der Waals surface area contributed by atoms with Crippen molar-refractivity contribution in [3.05, 3.63) is 22.0 Å². The van der Waals surface area contributed by atoms with Crippen molar-refractivity contribution in [2.75, 3.05) is 20.3 Å². The maximum atomic E-state index is 11.8. The Balaban J connectivity index is 2.75. The van der Waals surface area contributed by atoms with Crippen molar-refractivity contribution in [3.63, 3.8) is 0 Å². The summed E-state index contributed by atoms with van der Waals surface area (Å²) in [5, 5.41) is 17.2. The zero-order valence-electron chi connectivity index (χ0n) is 10.5. The highest BCUT2D eigenvalue weighted by Gasteiger charge is 2.23. The second-order valence-electron chi connectivity index (χ2n) is 3.78. The van der Waals surface area contributed by atoms with Gasteiger partial charge in [0.1, 0.15) is 17.9 Å². The van der Waals surface area contributed by atoms with Crippen LogP contribution in [0.5, 0.6) is 0 Å². The summed E-state index contributed by atoms with van der Waals surface area (Å²) >= 11 is 0. The van der Waals surface area contributed by atoms with Crippen LogP contribution in [0.3, 0.4) is 0 Å². The molecule has 0 fully saturated rings. The van der Waals surface area contributed by atoms with Gasteiger partial charge in [0.25, 0.3) is 0 Å². The zero-order valence-corrected chi connectivity index (χ0v) is 10.5. The van der Waals surface area contributed by atoms with Crippen LogP contribution >= 0.6 is 0 Å². The molecule has 100 valence electrons. The average Bonchev–Trinajstić information content (AvgIpc) is 2.70. The molecular formula is C10H16N4O4. The SMILES string of the molecule is COCCNC(=O)C(C)n1ncc([N+](=O)[O-])c1C. The number of nitrogens with one attached hydrogen (secondary N) is 1.